The highest BCUT2D eigenvalue weighted by atomic mass is 35.5. The van der Waals surface area contributed by atoms with Crippen LogP contribution in [0.2, 0.25) is 5.02 Å². The number of nitrogens with one attached hydrogen (secondary N) is 1. The van der Waals surface area contributed by atoms with Crippen LogP contribution < -0.4 is 10.2 Å². The van der Waals surface area contributed by atoms with Gasteiger partial charge in [0, 0.05) is 49.7 Å². The fourth-order valence-electron chi connectivity index (χ4n) is 7.09. The molecule has 3 aromatic carbocycles. The molecule has 3 amide bonds. The minimum atomic E-state index is -0.697. The normalized spacial score (nSPS) is 18.6. The van der Waals surface area contributed by atoms with Crippen molar-refractivity contribution < 1.29 is 19.1 Å². The molecule has 2 saturated heterocycles. The third-order valence-corrected chi connectivity index (χ3v) is 9.84. The van der Waals surface area contributed by atoms with Crippen molar-refractivity contribution >= 4 is 35.2 Å². The number of hydrogen-bond acceptors (Lipinski definition) is 5. The molecule has 9 heteroatoms. The van der Waals surface area contributed by atoms with E-state index in [1.54, 1.807) is 4.90 Å². The first-order valence-electron chi connectivity index (χ1n) is 17.4. The number of halogens is 1. The summed E-state index contributed by atoms with van der Waals surface area (Å²) in [6, 6.07) is 23.1. The predicted molar refractivity (Wildman–Crippen MR) is 193 cm³/mol. The number of para-hydroxylation sites is 1. The van der Waals surface area contributed by atoms with Crippen molar-refractivity contribution in [3.8, 4) is 0 Å². The van der Waals surface area contributed by atoms with Gasteiger partial charge in [0.1, 0.15) is 11.6 Å². The second-order valence-electron chi connectivity index (χ2n) is 14.4. The Kier molecular flexibility index (Phi) is 10.6. The number of hydrogen-bond donors (Lipinski definition) is 1. The largest absolute Gasteiger partial charge is 0.444 e. The quantitative estimate of drug-likeness (QED) is 0.257. The minimum Gasteiger partial charge on any atom is -0.444 e. The molecule has 258 valence electrons. The number of rotatable bonds is 8. The maximum Gasteiger partial charge on any atom is 0.411 e. The standard InChI is InChI=1S/C40H47ClN4O4/c1-40(2,3)49-39(48)45-27-31-10-5-4-9-30(31)25-36(45)38(47)42-34(23-28-14-16-33(41)17-15-28)24-29-18-21-43(22-19-29)35-12-7-6-11-32(35)26-44-20-8-13-37(44)46/h4-7,9-12,14-17,24,34,36H,8,13,18-23,25-27H2,1-3H3,(H,42,47)/t34-,36+/m0/s1. The average molecular weight is 683 g/mol. The number of benzene rings is 3. The molecular formula is C40H47ClN4O4. The average Bonchev–Trinajstić information content (AvgIpc) is 3.48. The summed E-state index contributed by atoms with van der Waals surface area (Å²) >= 11 is 6.20. The molecule has 0 saturated carbocycles. The molecule has 0 aliphatic carbocycles. The number of carbonyl (C=O) groups is 3. The Morgan fingerprint density at radius 2 is 1.63 bits per heavy atom. The van der Waals surface area contributed by atoms with E-state index in [1.807, 2.05) is 80.3 Å². The summed E-state index contributed by atoms with van der Waals surface area (Å²) in [5, 5.41) is 3.99. The van der Waals surface area contributed by atoms with Crippen molar-refractivity contribution in [3.05, 3.63) is 112 Å². The van der Waals surface area contributed by atoms with E-state index < -0.39 is 17.7 Å². The van der Waals surface area contributed by atoms with Crippen LogP contribution in [0.4, 0.5) is 10.5 Å². The Labute approximate surface area is 295 Å². The van der Waals surface area contributed by atoms with Crippen LogP contribution in [0.5, 0.6) is 0 Å². The number of likely N-dealkylation sites (tertiary alicyclic amines) is 1. The van der Waals surface area contributed by atoms with Crippen LogP contribution in [0, 0.1) is 0 Å². The highest BCUT2D eigenvalue weighted by Crippen LogP contribution is 2.30. The van der Waals surface area contributed by atoms with Crippen molar-refractivity contribution in [1.29, 1.82) is 0 Å². The van der Waals surface area contributed by atoms with E-state index in [4.69, 9.17) is 16.3 Å². The summed E-state index contributed by atoms with van der Waals surface area (Å²) in [4.78, 5) is 45.9. The molecule has 0 radical (unpaired) electrons. The van der Waals surface area contributed by atoms with E-state index in [2.05, 4.69) is 34.5 Å². The number of nitrogens with zero attached hydrogens (tertiary/aromatic N) is 3. The second-order valence-corrected chi connectivity index (χ2v) is 14.8. The van der Waals surface area contributed by atoms with E-state index in [1.165, 1.54) is 16.8 Å². The molecule has 3 aliphatic rings. The Balaban J connectivity index is 1.19. The van der Waals surface area contributed by atoms with E-state index >= 15 is 0 Å². The highest BCUT2D eigenvalue weighted by Gasteiger charge is 2.37. The van der Waals surface area contributed by atoms with Crippen LogP contribution in [0.1, 0.15) is 68.7 Å². The summed E-state index contributed by atoms with van der Waals surface area (Å²) in [5.74, 6) is 0.0399. The third-order valence-electron chi connectivity index (χ3n) is 9.58. The molecule has 3 heterocycles. The zero-order valence-electron chi connectivity index (χ0n) is 28.8. The van der Waals surface area contributed by atoms with Gasteiger partial charge in [-0.15, -0.1) is 0 Å². The van der Waals surface area contributed by atoms with Crippen LogP contribution >= 0.6 is 11.6 Å². The molecule has 0 bridgehead atoms. The molecular weight excluding hydrogens is 636 g/mol. The monoisotopic (exact) mass is 682 g/mol. The number of piperidine rings is 1. The van der Waals surface area contributed by atoms with Gasteiger partial charge in [-0.2, -0.15) is 0 Å². The zero-order valence-corrected chi connectivity index (χ0v) is 29.5. The van der Waals surface area contributed by atoms with Crippen LogP contribution in [-0.2, 0) is 40.3 Å². The molecule has 0 aromatic heterocycles. The Bertz CT molecular complexity index is 1690. The molecule has 2 atom stereocenters. The summed E-state index contributed by atoms with van der Waals surface area (Å²) in [7, 11) is 0. The van der Waals surface area contributed by atoms with Gasteiger partial charge >= 0.3 is 6.09 Å². The molecule has 8 nitrogen and oxygen atoms in total. The van der Waals surface area contributed by atoms with Crippen molar-refractivity contribution in [2.75, 3.05) is 24.5 Å². The first-order valence-corrected chi connectivity index (χ1v) is 17.8. The van der Waals surface area contributed by atoms with Crippen LogP contribution in [-0.4, -0.2) is 65.0 Å². The van der Waals surface area contributed by atoms with E-state index in [0.29, 0.717) is 37.4 Å². The van der Waals surface area contributed by atoms with Gasteiger partial charge in [0.05, 0.1) is 12.6 Å². The van der Waals surface area contributed by atoms with Crippen molar-refractivity contribution in [3.63, 3.8) is 0 Å². The van der Waals surface area contributed by atoms with Crippen molar-refractivity contribution in [2.45, 2.75) is 90.1 Å². The van der Waals surface area contributed by atoms with Gasteiger partial charge in [0.2, 0.25) is 11.8 Å². The third kappa shape index (κ3) is 8.84. The molecule has 3 aliphatic heterocycles. The molecule has 1 N–H and O–H groups in total. The van der Waals surface area contributed by atoms with Gasteiger partial charge in [-0.25, -0.2) is 4.79 Å². The van der Waals surface area contributed by atoms with Crippen LogP contribution in [0.3, 0.4) is 0 Å². The summed E-state index contributed by atoms with van der Waals surface area (Å²) in [6.07, 6.45) is 6.04. The van der Waals surface area contributed by atoms with Gasteiger partial charge in [-0.05, 0) is 86.9 Å². The first kappa shape index (κ1) is 34.6. The van der Waals surface area contributed by atoms with E-state index in [9.17, 15) is 14.4 Å². The van der Waals surface area contributed by atoms with E-state index in [-0.39, 0.29) is 17.9 Å². The highest BCUT2D eigenvalue weighted by molar-refractivity contribution is 6.30. The lowest BCUT2D eigenvalue weighted by molar-refractivity contribution is -0.128. The topological polar surface area (TPSA) is 82.2 Å². The fourth-order valence-corrected chi connectivity index (χ4v) is 7.22. The van der Waals surface area contributed by atoms with Crippen LogP contribution in [0.25, 0.3) is 0 Å². The Morgan fingerprint density at radius 3 is 2.33 bits per heavy atom. The van der Waals surface area contributed by atoms with Gasteiger partial charge < -0.3 is 19.9 Å². The van der Waals surface area contributed by atoms with Crippen molar-refractivity contribution in [2.24, 2.45) is 0 Å². The molecule has 3 aromatic rings. The SMILES string of the molecule is CC(C)(C)OC(=O)N1Cc2ccccc2C[C@@H]1C(=O)N[C@H](C=C1CCN(c2ccccc2CN2CCCC2=O)CC1)Cc1ccc(Cl)cc1. The molecule has 0 unspecified atom stereocenters. The molecule has 49 heavy (non-hydrogen) atoms. The van der Waals surface area contributed by atoms with Gasteiger partial charge in [-0.3, -0.25) is 14.5 Å². The van der Waals surface area contributed by atoms with Gasteiger partial charge in [0.15, 0.2) is 0 Å². The number of carbonyl (C=O) groups excluding carboxylic acids is 3. The number of anilines is 1. The van der Waals surface area contributed by atoms with Gasteiger partial charge in [-0.1, -0.05) is 77.8 Å². The minimum absolute atomic E-state index is 0.195. The summed E-state index contributed by atoms with van der Waals surface area (Å²) in [6.45, 7) is 9.00. The summed E-state index contributed by atoms with van der Waals surface area (Å²) in [5.41, 5.74) is 6.13. The molecule has 0 spiro atoms. The Hall–Kier alpha value is -4.30. The number of ether oxygens (including phenoxy) is 1. The van der Waals surface area contributed by atoms with Gasteiger partial charge in [0.25, 0.3) is 0 Å². The lowest BCUT2D eigenvalue weighted by Gasteiger charge is -2.37. The lowest BCUT2D eigenvalue weighted by atomic mass is 9.93. The predicted octanol–water partition coefficient (Wildman–Crippen LogP) is 7.08. The maximum absolute atomic E-state index is 14.2. The molecule has 2 fully saturated rings. The Morgan fingerprint density at radius 1 is 0.939 bits per heavy atom. The van der Waals surface area contributed by atoms with Crippen molar-refractivity contribution in [1.82, 2.24) is 15.1 Å². The number of fused-ring (bicyclic) bond motifs is 1. The second kappa shape index (κ2) is 15.1. The number of amides is 3. The van der Waals surface area contributed by atoms with E-state index in [0.717, 1.165) is 55.6 Å². The smallest absolute Gasteiger partial charge is 0.411 e. The molecule has 6 rings (SSSR count). The zero-order chi connectivity index (χ0) is 34.5. The maximum atomic E-state index is 14.2. The fraction of sp³-hybridized carbons (Fsp3) is 0.425. The summed E-state index contributed by atoms with van der Waals surface area (Å²) < 4.78 is 5.76. The first-order chi connectivity index (χ1) is 23.5. The van der Waals surface area contributed by atoms with Crippen LogP contribution in [0.15, 0.2) is 84.4 Å². The lowest BCUT2D eigenvalue weighted by Crippen LogP contribution is -2.55.